The van der Waals surface area contributed by atoms with Crippen LogP contribution in [0.5, 0.6) is 0 Å². The number of aliphatic hydroxyl groups excluding tert-OH is 2. The molecular weight excluding hydrogens is 248 g/mol. The van der Waals surface area contributed by atoms with Crippen molar-refractivity contribution in [3.8, 4) is 0 Å². The fourth-order valence-corrected chi connectivity index (χ4v) is 1.67. The van der Waals surface area contributed by atoms with Crippen LogP contribution in [0.1, 0.15) is 12.0 Å². The van der Waals surface area contributed by atoms with Crippen molar-refractivity contribution in [3.63, 3.8) is 0 Å². The Kier molecular flexibility index (Phi) is 7.28. The van der Waals surface area contributed by atoms with Crippen LogP contribution in [0.2, 0.25) is 0 Å². The van der Waals surface area contributed by atoms with Crippen molar-refractivity contribution in [2.75, 3.05) is 13.7 Å². The molecule has 0 fully saturated rings. The van der Waals surface area contributed by atoms with Gasteiger partial charge in [-0.15, -0.1) is 0 Å². The van der Waals surface area contributed by atoms with Gasteiger partial charge in [0, 0.05) is 13.5 Å². The Hall–Kier alpha value is -1.27. The van der Waals surface area contributed by atoms with Crippen LogP contribution in [0.3, 0.4) is 0 Å². The first kappa shape index (κ1) is 15.8. The molecule has 1 aromatic carbocycles. The minimum absolute atomic E-state index is 0.203. The van der Waals surface area contributed by atoms with Crippen LogP contribution in [0.4, 0.5) is 0 Å². The third-order valence-corrected chi connectivity index (χ3v) is 2.84. The van der Waals surface area contributed by atoms with Gasteiger partial charge in [-0.3, -0.25) is 0 Å². The molecule has 3 atom stereocenters. The van der Waals surface area contributed by atoms with E-state index in [-0.39, 0.29) is 6.42 Å². The van der Waals surface area contributed by atoms with Crippen molar-refractivity contribution in [2.45, 2.75) is 31.3 Å². The van der Waals surface area contributed by atoms with Gasteiger partial charge in [-0.1, -0.05) is 30.3 Å². The summed E-state index contributed by atoms with van der Waals surface area (Å²) in [6.45, 7) is -0.118. The molecule has 0 bridgehead atoms. The third kappa shape index (κ3) is 5.48. The van der Waals surface area contributed by atoms with Crippen LogP contribution in [-0.4, -0.2) is 48.5 Å². The maximum Gasteiger partial charge on any atom is 0.148 e. The van der Waals surface area contributed by atoms with E-state index in [1.165, 1.54) is 7.11 Å². The molecule has 0 aromatic heterocycles. The summed E-state index contributed by atoms with van der Waals surface area (Å²) in [5.41, 5.74) is 0.956. The zero-order valence-electron chi connectivity index (χ0n) is 10.9. The normalized spacial score (nSPS) is 15.7. The first-order chi connectivity index (χ1) is 9.21. The van der Waals surface area contributed by atoms with Crippen molar-refractivity contribution in [2.24, 2.45) is 0 Å². The average Bonchev–Trinajstić information content (AvgIpc) is 2.48. The zero-order valence-corrected chi connectivity index (χ0v) is 10.9. The number of methoxy groups -OCH3 is 1. The molecule has 0 aliphatic rings. The monoisotopic (exact) mass is 268 g/mol. The molecule has 0 saturated heterocycles. The molecule has 5 nitrogen and oxygen atoms in total. The molecule has 2 N–H and O–H groups in total. The third-order valence-electron chi connectivity index (χ3n) is 2.84. The maximum atomic E-state index is 10.7. The van der Waals surface area contributed by atoms with Gasteiger partial charge in [-0.2, -0.15) is 0 Å². The van der Waals surface area contributed by atoms with Gasteiger partial charge in [-0.05, 0) is 5.56 Å². The molecule has 5 heteroatoms. The predicted molar refractivity (Wildman–Crippen MR) is 69.6 cm³/mol. The molecule has 0 radical (unpaired) electrons. The second-order valence-electron chi connectivity index (χ2n) is 4.23. The summed E-state index contributed by atoms with van der Waals surface area (Å²) in [5, 5.41) is 18.7. The van der Waals surface area contributed by atoms with E-state index in [4.69, 9.17) is 14.6 Å². The minimum Gasteiger partial charge on any atom is -0.394 e. The largest absolute Gasteiger partial charge is 0.394 e. The highest BCUT2D eigenvalue weighted by atomic mass is 16.5. The Balaban J connectivity index is 2.56. The summed E-state index contributed by atoms with van der Waals surface area (Å²) in [6.07, 6.45) is -1.49. The number of hydrogen-bond donors (Lipinski definition) is 2. The van der Waals surface area contributed by atoms with E-state index in [0.717, 1.165) is 5.56 Å². The highest BCUT2D eigenvalue weighted by Gasteiger charge is 2.23. The molecular formula is C14H20O5. The van der Waals surface area contributed by atoms with E-state index >= 15 is 0 Å². The fourth-order valence-electron chi connectivity index (χ4n) is 1.67. The average molecular weight is 268 g/mol. The minimum atomic E-state index is -1.04. The summed E-state index contributed by atoms with van der Waals surface area (Å²) < 4.78 is 10.5. The van der Waals surface area contributed by atoms with E-state index in [1.807, 2.05) is 30.3 Å². The Bertz CT molecular complexity index is 354. The van der Waals surface area contributed by atoms with Gasteiger partial charge in [0.2, 0.25) is 0 Å². The second kappa shape index (κ2) is 8.77. The van der Waals surface area contributed by atoms with E-state index in [0.29, 0.717) is 12.9 Å². The van der Waals surface area contributed by atoms with Crippen LogP contribution in [0.25, 0.3) is 0 Å². The van der Waals surface area contributed by atoms with Crippen molar-refractivity contribution in [1.29, 1.82) is 0 Å². The first-order valence-electron chi connectivity index (χ1n) is 6.13. The Morgan fingerprint density at radius 3 is 2.53 bits per heavy atom. The number of ether oxygens (including phenoxy) is 2. The van der Waals surface area contributed by atoms with Gasteiger partial charge in [0.1, 0.15) is 18.5 Å². The molecule has 0 spiro atoms. The Morgan fingerprint density at radius 1 is 1.32 bits per heavy atom. The number of hydrogen-bond acceptors (Lipinski definition) is 5. The van der Waals surface area contributed by atoms with Crippen LogP contribution in [0.15, 0.2) is 30.3 Å². The van der Waals surface area contributed by atoms with Gasteiger partial charge in [-0.25, -0.2) is 0 Å². The summed E-state index contributed by atoms with van der Waals surface area (Å²) in [4.78, 5) is 10.7. The van der Waals surface area contributed by atoms with Crippen LogP contribution in [-0.2, 0) is 20.9 Å². The van der Waals surface area contributed by atoms with Crippen LogP contribution < -0.4 is 0 Å². The molecule has 3 unspecified atom stereocenters. The molecule has 0 amide bonds. The lowest BCUT2D eigenvalue weighted by Gasteiger charge is -2.24. The lowest BCUT2D eigenvalue weighted by molar-refractivity contribution is -0.123. The van der Waals surface area contributed by atoms with Crippen molar-refractivity contribution < 1.29 is 24.5 Å². The zero-order chi connectivity index (χ0) is 14.1. The maximum absolute atomic E-state index is 10.7. The van der Waals surface area contributed by atoms with Crippen LogP contribution in [0, 0.1) is 0 Å². The lowest BCUT2D eigenvalue weighted by Crippen LogP contribution is -2.36. The quantitative estimate of drug-likeness (QED) is 0.639. The number of benzene rings is 1. The number of aliphatic hydroxyl groups is 2. The summed E-state index contributed by atoms with van der Waals surface area (Å²) in [6, 6.07) is 9.47. The van der Waals surface area contributed by atoms with E-state index in [9.17, 15) is 9.90 Å². The van der Waals surface area contributed by atoms with Gasteiger partial charge < -0.3 is 24.5 Å². The molecule has 106 valence electrons. The summed E-state index contributed by atoms with van der Waals surface area (Å²) >= 11 is 0. The van der Waals surface area contributed by atoms with Crippen LogP contribution >= 0.6 is 0 Å². The standard InChI is InChI=1S/C14H20O5/c1-18-12(8-15)7-14(13(17)9-16)19-10-11-5-3-2-4-6-11/h2-6,8,12-14,16-17H,7,9-10H2,1H3. The van der Waals surface area contributed by atoms with Crippen molar-refractivity contribution >= 4 is 6.29 Å². The number of carbonyl (C=O) groups is 1. The van der Waals surface area contributed by atoms with Gasteiger partial charge in [0.25, 0.3) is 0 Å². The fraction of sp³-hybridized carbons (Fsp3) is 0.500. The van der Waals surface area contributed by atoms with E-state index < -0.39 is 24.9 Å². The summed E-state index contributed by atoms with van der Waals surface area (Å²) in [7, 11) is 1.42. The molecule has 1 aromatic rings. The lowest BCUT2D eigenvalue weighted by atomic mass is 10.1. The molecule has 0 heterocycles. The number of carbonyl (C=O) groups excluding carboxylic acids is 1. The van der Waals surface area contributed by atoms with Crippen molar-refractivity contribution in [1.82, 2.24) is 0 Å². The molecule has 19 heavy (non-hydrogen) atoms. The first-order valence-corrected chi connectivity index (χ1v) is 6.13. The highest BCUT2D eigenvalue weighted by molar-refractivity contribution is 5.55. The molecule has 0 saturated carbocycles. The van der Waals surface area contributed by atoms with Crippen molar-refractivity contribution in [3.05, 3.63) is 35.9 Å². The predicted octanol–water partition coefficient (Wildman–Crippen LogP) is 0.529. The highest BCUT2D eigenvalue weighted by Crippen LogP contribution is 2.12. The van der Waals surface area contributed by atoms with E-state index in [1.54, 1.807) is 0 Å². The number of rotatable bonds is 9. The molecule has 1 rings (SSSR count). The Morgan fingerprint density at radius 2 is 2.00 bits per heavy atom. The topological polar surface area (TPSA) is 76.0 Å². The van der Waals surface area contributed by atoms with E-state index in [2.05, 4.69) is 0 Å². The summed E-state index contributed by atoms with van der Waals surface area (Å²) in [5.74, 6) is 0. The Labute approximate surface area is 112 Å². The number of aldehydes is 1. The van der Waals surface area contributed by atoms with Gasteiger partial charge >= 0.3 is 0 Å². The smallest absolute Gasteiger partial charge is 0.148 e. The van der Waals surface area contributed by atoms with Gasteiger partial charge in [0.05, 0.1) is 19.3 Å². The second-order valence-corrected chi connectivity index (χ2v) is 4.23. The molecule has 0 aliphatic heterocycles. The van der Waals surface area contributed by atoms with Gasteiger partial charge in [0.15, 0.2) is 0 Å². The SMILES string of the molecule is COC(C=O)CC(OCc1ccccc1)C(O)CO. The molecule has 0 aliphatic carbocycles.